The van der Waals surface area contributed by atoms with E-state index < -0.39 is 52.0 Å². The molecule has 0 radical (unpaired) electrons. The van der Waals surface area contributed by atoms with Crippen molar-refractivity contribution in [2.75, 3.05) is 19.0 Å². The Balaban J connectivity index is 1.93. The number of rotatable bonds is 4. The fourth-order valence-electron chi connectivity index (χ4n) is 5.44. The molecule has 0 heterocycles. The minimum atomic E-state index is -2.60. The standard InChI is InChI=1S/C23H26N4O7S/c1-27(2)12-5-9(7-26-22(25)35)17(29)15-11(12)4-8-3-10-6-13(28)16(21(24)33)20(32)23(10,34)19(31)14(8)18(15)30/h5,8,10,29-30,32,34H,3-4,6-7H2,1-2H3,(H2,24,33)(H3,25,26,35). The molecule has 186 valence electrons. The number of nitrogens with two attached hydrogens (primary N) is 2. The van der Waals surface area contributed by atoms with Crippen molar-refractivity contribution in [1.29, 1.82) is 0 Å². The minimum Gasteiger partial charge on any atom is -0.508 e. The van der Waals surface area contributed by atoms with Crippen LogP contribution < -0.4 is 21.7 Å². The number of aromatic hydroxyl groups is 1. The molecule has 0 aliphatic heterocycles. The van der Waals surface area contributed by atoms with Crippen molar-refractivity contribution in [1.82, 2.24) is 5.32 Å². The Hall–Kier alpha value is -3.64. The van der Waals surface area contributed by atoms with E-state index in [1.165, 1.54) is 0 Å². The number of ketones is 2. The number of amides is 1. The number of nitrogens with zero attached hydrogens (tertiary/aromatic N) is 1. The minimum absolute atomic E-state index is 0.00579. The largest absolute Gasteiger partial charge is 0.508 e. The molecule has 35 heavy (non-hydrogen) atoms. The third-order valence-corrected chi connectivity index (χ3v) is 7.20. The summed E-state index contributed by atoms with van der Waals surface area (Å²) in [7, 11) is 3.57. The van der Waals surface area contributed by atoms with Crippen LogP contribution in [0.4, 0.5) is 5.69 Å². The zero-order chi connectivity index (χ0) is 26.0. The quantitative estimate of drug-likeness (QED) is 0.213. The molecular weight excluding hydrogens is 476 g/mol. The first-order chi connectivity index (χ1) is 16.3. The molecular formula is C23H26N4O7S. The van der Waals surface area contributed by atoms with Gasteiger partial charge in [0.1, 0.15) is 22.8 Å². The number of carbonyl (C=O) groups is 3. The van der Waals surface area contributed by atoms with Gasteiger partial charge in [-0.1, -0.05) is 0 Å². The van der Waals surface area contributed by atoms with Crippen LogP contribution in [0.5, 0.6) is 5.75 Å². The number of aliphatic hydroxyl groups excluding tert-OH is 2. The Labute approximate surface area is 205 Å². The van der Waals surface area contributed by atoms with Gasteiger partial charge in [0.25, 0.3) is 5.91 Å². The molecule has 4 rings (SSSR count). The first kappa shape index (κ1) is 24.5. The summed E-state index contributed by atoms with van der Waals surface area (Å²) >= 11 is 4.83. The number of nitrogens with one attached hydrogen (secondary N) is 1. The molecule has 0 bridgehead atoms. The maximum Gasteiger partial charge on any atom is 0.255 e. The summed E-state index contributed by atoms with van der Waals surface area (Å²) in [5, 5.41) is 47.0. The highest BCUT2D eigenvalue weighted by molar-refractivity contribution is 7.80. The summed E-state index contributed by atoms with van der Waals surface area (Å²) < 4.78 is 0. The van der Waals surface area contributed by atoms with Gasteiger partial charge in [0.15, 0.2) is 16.5 Å². The van der Waals surface area contributed by atoms with Crippen LogP contribution in [0.25, 0.3) is 5.76 Å². The van der Waals surface area contributed by atoms with Crippen LogP contribution >= 0.6 is 12.2 Å². The van der Waals surface area contributed by atoms with Crippen LogP contribution in [0.3, 0.4) is 0 Å². The molecule has 1 aromatic rings. The molecule has 1 saturated carbocycles. The smallest absolute Gasteiger partial charge is 0.255 e. The maximum absolute atomic E-state index is 13.6. The van der Waals surface area contributed by atoms with Crippen LogP contribution in [0.15, 0.2) is 23.0 Å². The number of primary amides is 1. The van der Waals surface area contributed by atoms with Gasteiger partial charge in [-0.05, 0) is 42.6 Å². The lowest BCUT2D eigenvalue weighted by atomic mass is 9.59. The van der Waals surface area contributed by atoms with Gasteiger partial charge in [0.05, 0.1) is 5.56 Å². The third-order valence-electron chi connectivity index (χ3n) is 7.05. The van der Waals surface area contributed by atoms with Crippen molar-refractivity contribution in [2.24, 2.45) is 23.3 Å². The van der Waals surface area contributed by atoms with Crippen molar-refractivity contribution in [3.8, 4) is 5.75 Å². The van der Waals surface area contributed by atoms with Gasteiger partial charge in [-0.2, -0.15) is 0 Å². The number of fused-ring (bicyclic) bond motifs is 3. The number of phenolic OH excluding ortho intramolecular Hbond substituents is 1. The summed E-state index contributed by atoms with van der Waals surface area (Å²) in [6.07, 6.45) is -0.0723. The van der Waals surface area contributed by atoms with E-state index in [0.29, 0.717) is 16.8 Å². The highest BCUT2D eigenvalue weighted by atomic mass is 32.1. The summed E-state index contributed by atoms with van der Waals surface area (Å²) in [6.45, 7) is 0.0505. The van der Waals surface area contributed by atoms with Gasteiger partial charge in [0, 0.05) is 49.8 Å². The molecule has 1 fully saturated rings. The molecule has 1 aromatic carbocycles. The fourth-order valence-corrected chi connectivity index (χ4v) is 5.51. The van der Waals surface area contributed by atoms with Crippen molar-refractivity contribution in [2.45, 2.75) is 31.4 Å². The number of phenols is 1. The SMILES string of the molecule is CN(C)c1cc(CNC(N)=S)c(O)c2c1CC1CC3CC(=O)C(C(N)=O)=C(O)C3(O)C(=O)C1=C2O. The average Bonchev–Trinajstić information content (AvgIpc) is 2.75. The highest BCUT2D eigenvalue weighted by Gasteiger charge is 2.60. The molecule has 0 saturated heterocycles. The first-order valence-electron chi connectivity index (χ1n) is 10.9. The lowest BCUT2D eigenvalue weighted by Crippen LogP contribution is -2.58. The molecule has 12 heteroatoms. The van der Waals surface area contributed by atoms with Gasteiger partial charge in [-0.15, -0.1) is 0 Å². The highest BCUT2D eigenvalue weighted by Crippen LogP contribution is 2.53. The van der Waals surface area contributed by atoms with E-state index in [1.54, 1.807) is 25.1 Å². The van der Waals surface area contributed by atoms with E-state index in [9.17, 15) is 34.8 Å². The number of hydrogen-bond acceptors (Lipinski definition) is 9. The summed E-state index contributed by atoms with van der Waals surface area (Å²) in [4.78, 5) is 39.6. The van der Waals surface area contributed by atoms with E-state index in [-0.39, 0.29) is 47.8 Å². The van der Waals surface area contributed by atoms with E-state index in [1.807, 2.05) is 0 Å². The number of anilines is 1. The number of aliphatic hydroxyl groups is 3. The topological polar surface area (TPSA) is 199 Å². The summed E-state index contributed by atoms with van der Waals surface area (Å²) in [5.74, 6) is -6.62. The van der Waals surface area contributed by atoms with Crippen LogP contribution in [0, 0.1) is 11.8 Å². The van der Waals surface area contributed by atoms with E-state index in [0.717, 1.165) is 0 Å². The maximum atomic E-state index is 13.6. The molecule has 9 N–H and O–H groups in total. The molecule has 0 aromatic heterocycles. The second-order valence-corrected chi connectivity index (χ2v) is 9.72. The van der Waals surface area contributed by atoms with Crippen molar-refractivity contribution in [3.05, 3.63) is 39.7 Å². The molecule has 3 aliphatic carbocycles. The first-order valence-corrected chi connectivity index (χ1v) is 11.3. The zero-order valence-electron chi connectivity index (χ0n) is 19.1. The molecule has 1 amide bonds. The second kappa shape index (κ2) is 8.24. The Bertz CT molecular complexity index is 1270. The zero-order valence-corrected chi connectivity index (χ0v) is 19.9. The van der Waals surface area contributed by atoms with Crippen molar-refractivity contribution < 1.29 is 34.8 Å². The van der Waals surface area contributed by atoms with E-state index in [4.69, 9.17) is 23.7 Å². The Kier molecular flexibility index (Phi) is 5.76. The second-order valence-electron chi connectivity index (χ2n) is 9.28. The molecule has 3 aliphatic rings. The Morgan fingerprint density at radius 1 is 1.23 bits per heavy atom. The van der Waals surface area contributed by atoms with Crippen LogP contribution in [-0.2, 0) is 27.3 Å². The van der Waals surface area contributed by atoms with Crippen LogP contribution in [0.1, 0.15) is 29.5 Å². The number of benzene rings is 1. The number of thiocarbonyl (C=S) groups is 1. The van der Waals surface area contributed by atoms with E-state index in [2.05, 4.69) is 5.32 Å². The molecule has 3 unspecified atom stereocenters. The average molecular weight is 503 g/mol. The summed E-state index contributed by atoms with van der Waals surface area (Å²) in [6, 6.07) is 1.72. The van der Waals surface area contributed by atoms with Gasteiger partial charge < -0.3 is 42.1 Å². The number of Topliss-reactive ketones (excluding diaryl/α,β-unsaturated/α-hetero) is 2. The van der Waals surface area contributed by atoms with E-state index >= 15 is 0 Å². The normalized spacial score (nSPS) is 25.6. The molecule has 3 atom stereocenters. The third kappa shape index (κ3) is 3.51. The predicted octanol–water partition coefficient (Wildman–Crippen LogP) is -0.177. The monoisotopic (exact) mass is 502 g/mol. The van der Waals surface area contributed by atoms with Crippen LogP contribution in [0.2, 0.25) is 0 Å². The van der Waals surface area contributed by atoms with Gasteiger partial charge >= 0.3 is 0 Å². The fraction of sp³-hybridized carbons (Fsp3) is 0.391. The molecule has 11 nitrogen and oxygen atoms in total. The van der Waals surface area contributed by atoms with Crippen LogP contribution in [-0.4, -0.2) is 62.7 Å². The van der Waals surface area contributed by atoms with Gasteiger partial charge in [-0.25, -0.2) is 0 Å². The number of carbonyl (C=O) groups excluding carboxylic acids is 3. The lowest BCUT2D eigenvalue weighted by molar-refractivity contribution is -0.147. The Morgan fingerprint density at radius 3 is 2.46 bits per heavy atom. The van der Waals surface area contributed by atoms with Crippen molar-refractivity contribution in [3.63, 3.8) is 0 Å². The predicted molar refractivity (Wildman–Crippen MR) is 129 cm³/mol. The Morgan fingerprint density at radius 2 is 1.89 bits per heavy atom. The number of hydrogen-bond donors (Lipinski definition) is 7. The molecule has 0 spiro atoms. The van der Waals surface area contributed by atoms with Gasteiger partial charge in [-0.3, -0.25) is 14.4 Å². The summed E-state index contributed by atoms with van der Waals surface area (Å²) in [5.41, 5.74) is 8.72. The lowest BCUT2D eigenvalue weighted by Gasteiger charge is -2.46. The van der Waals surface area contributed by atoms with Crippen molar-refractivity contribution >= 4 is 46.3 Å². The van der Waals surface area contributed by atoms with Gasteiger partial charge in [0.2, 0.25) is 5.78 Å².